The van der Waals surface area contributed by atoms with E-state index in [0.717, 1.165) is 6.92 Å². The molecule has 0 aromatic carbocycles. The Morgan fingerprint density at radius 1 is 1.53 bits per heavy atom. The average Bonchev–Trinajstić information content (AvgIpc) is 1.97. The molecule has 0 aromatic heterocycles. The van der Waals surface area contributed by atoms with Gasteiger partial charge in [-0.1, -0.05) is 0 Å². The highest BCUT2D eigenvalue weighted by Gasteiger charge is 2.43. The SMILES string of the molecule is CCOP(=O)(O)C(OC(C)=O)S(C)(=O)=O. The number of carbonyl (C=O) groups excluding carboxylic acids is 1. The van der Waals surface area contributed by atoms with Crippen LogP contribution in [0, 0.1) is 0 Å². The zero-order valence-corrected chi connectivity index (χ0v) is 10.2. The molecule has 9 heteroatoms. The minimum atomic E-state index is -4.51. The molecule has 0 bridgehead atoms. The van der Waals surface area contributed by atoms with Crippen LogP contribution in [0.3, 0.4) is 0 Å². The number of sulfone groups is 1. The topological polar surface area (TPSA) is 107 Å². The van der Waals surface area contributed by atoms with Gasteiger partial charge in [0.25, 0.3) is 0 Å². The second kappa shape index (κ2) is 5.07. The fourth-order valence-corrected chi connectivity index (χ4v) is 3.99. The Bertz CT molecular complexity index is 373. The fraction of sp³-hybridized carbons (Fsp3) is 0.833. The standard InChI is InChI=1S/C6H13O7PS/c1-4-12-14(8,9)6(13-5(2)7)15(3,10)11/h6H,4H2,1-3H3,(H,8,9). The summed E-state index contributed by atoms with van der Waals surface area (Å²) in [6.45, 7) is 2.18. The van der Waals surface area contributed by atoms with E-state index in [4.69, 9.17) is 0 Å². The number of rotatable bonds is 5. The Labute approximate surface area is 87.8 Å². The molecule has 0 amide bonds. The lowest BCUT2D eigenvalue weighted by Crippen LogP contribution is -2.26. The molecule has 0 aliphatic carbocycles. The van der Waals surface area contributed by atoms with Gasteiger partial charge in [-0.2, -0.15) is 0 Å². The Kier molecular flexibility index (Phi) is 4.92. The summed E-state index contributed by atoms with van der Waals surface area (Å²) in [5.41, 5.74) is 0. The Balaban J connectivity index is 5.12. The van der Waals surface area contributed by atoms with E-state index in [1.165, 1.54) is 6.92 Å². The number of carbonyl (C=O) groups is 1. The van der Waals surface area contributed by atoms with Crippen molar-refractivity contribution in [1.29, 1.82) is 0 Å². The van der Waals surface area contributed by atoms with Crippen molar-refractivity contribution >= 4 is 23.4 Å². The lowest BCUT2D eigenvalue weighted by Gasteiger charge is -2.19. The van der Waals surface area contributed by atoms with Gasteiger partial charge in [-0.05, 0) is 6.92 Å². The second-order valence-electron chi connectivity index (χ2n) is 2.73. The maximum absolute atomic E-state index is 11.4. The third-order valence-electron chi connectivity index (χ3n) is 1.21. The van der Waals surface area contributed by atoms with Crippen LogP contribution in [0.25, 0.3) is 0 Å². The smallest absolute Gasteiger partial charge is 0.384 e. The van der Waals surface area contributed by atoms with Crippen molar-refractivity contribution in [2.75, 3.05) is 12.9 Å². The number of ether oxygens (including phenoxy) is 1. The normalized spacial score (nSPS) is 17.9. The summed E-state index contributed by atoms with van der Waals surface area (Å²) in [4.78, 5) is 19.8. The number of esters is 1. The molecule has 1 N–H and O–H groups in total. The Hall–Kier alpha value is -0.430. The lowest BCUT2D eigenvalue weighted by atomic mass is 10.8. The fourth-order valence-electron chi connectivity index (χ4n) is 0.784. The molecule has 0 aliphatic rings. The van der Waals surface area contributed by atoms with Crippen LogP contribution in [0.4, 0.5) is 0 Å². The molecule has 90 valence electrons. The molecule has 2 atom stereocenters. The summed E-state index contributed by atoms with van der Waals surface area (Å²) in [6, 6.07) is 0. The lowest BCUT2D eigenvalue weighted by molar-refractivity contribution is -0.140. The van der Waals surface area contributed by atoms with E-state index < -0.39 is 28.6 Å². The van der Waals surface area contributed by atoms with Crippen molar-refractivity contribution < 1.29 is 31.9 Å². The molecular weight excluding hydrogens is 247 g/mol. The number of hydrogen-bond donors (Lipinski definition) is 1. The van der Waals surface area contributed by atoms with Gasteiger partial charge < -0.3 is 14.2 Å². The van der Waals surface area contributed by atoms with Crippen molar-refractivity contribution in [3.63, 3.8) is 0 Å². The first kappa shape index (κ1) is 14.6. The molecule has 0 fully saturated rings. The van der Waals surface area contributed by atoms with E-state index in [0.29, 0.717) is 6.26 Å². The molecule has 0 aromatic rings. The van der Waals surface area contributed by atoms with Gasteiger partial charge in [0.15, 0.2) is 9.84 Å². The first-order chi connectivity index (χ1) is 6.61. The average molecular weight is 260 g/mol. The quantitative estimate of drug-likeness (QED) is 0.551. The van der Waals surface area contributed by atoms with E-state index in [1.54, 1.807) is 0 Å². The van der Waals surface area contributed by atoms with Gasteiger partial charge in [-0.25, -0.2) is 8.42 Å². The highest BCUT2D eigenvalue weighted by molar-refractivity contribution is 7.97. The van der Waals surface area contributed by atoms with Crippen LogP contribution in [0.2, 0.25) is 0 Å². The molecule has 2 unspecified atom stereocenters. The molecular formula is C6H13O7PS. The molecule has 0 spiro atoms. The number of hydrogen-bond acceptors (Lipinski definition) is 6. The predicted octanol–water partition coefficient (Wildman–Crippen LogP) is 0.0996. The predicted molar refractivity (Wildman–Crippen MR) is 51.8 cm³/mol. The van der Waals surface area contributed by atoms with Crippen LogP contribution in [-0.2, 0) is 28.5 Å². The largest absolute Gasteiger partial charge is 0.433 e. The molecule has 0 heterocycles. The van der Waals surface area contributed by atoms with Crippen LogP contribution in [0.5, 0.6) is 0 Å². The van der Waals surface area contributed by atoms with E-state index in [9.17, 15) is 22.7 Å². The van der Waals surface area contributed by atoms with Gasteiger partial charge in [0.1, 0.15) is 0 Å². The van der Waals surface area contributed by atoms with Crippen LogP contribution in [0.1, 0.15) is 13.8 Å². The minimum absolute atomic E-state index is 0.166. The zero-order valence-electron chi connectivity index (χ0n) is 8.54. The van der Waals surface area contributed by atoms with Crippen LogP contribution in [0.15, 0.2) is 0 Å². The first-order valence-electron chi connectivity index (χ1n) is 3.94. The summed E-state index contributed by atoms with van der Waals surface area (Å²) >= 11 is 0. The van der Waals surface area contributed by atoms with Gasteiger partial charge >= 0.3 is 18.7 Å². The van der Waals surface area contributed by atoms with Crippen LogP contribution in [-0.4, -0.2) is 37.3 Å². The van der Waals surface area contributed by atoms with Crippen molar-refractivity contribution in [3.8, 4) is 0 Å². The summed E-state index contributed by atoms with van der Waals surface area (Å²) in [5.74, 6) is -0.973. The van der Waals surface area contributed by atoms with Crippen LogP contribution >= 0.6 is 7.60 Å². The second-order valence-corrected chi connectivity index (χ2v) is 7.02. The molecule has 0 saturated heterocycles. The van der Waals surface area contributed by atoms with Gasteiger partial charge in [0, 0.05) is 13.2 Å². The van der Waals surface area contributed by atoms with Crippen molar-refractivity contribution in [1.82, 2.24) is 0 Å². The highest BCUT2D eigenvalue weighted by atomic mass is 32.2. The monoisotopic (exact) mass is 260 g/mol. The molecule has 15 heavy (non-hydrogen) atoms. The van der Waals surface area contributed by atoms with Gasteiger partial charge in [0.2, 0.25) is 0 Å². The van der Waals surface area contributed by atoms with E-state index >= 15 is 0 Å². The van der Waals surface area contributed by atoms with Gasteiger partial charge in [-0.3, -0.25) is 9.36 Å². The molecule has 0 saturated carbocycles. The van der Waals surface area contributed by atoms with E-state index in [-0.39, 0.29) is 6.61 Å². The maximum Gasteiger partial charge on any atom is 0.384 e. The Morgan fingerprint density at radius 2 is 2.00 bits per heavy atom. The summed E-state index contributed by atoms with van der Waals surface area (Å²) in [5, 5.41) is -2.16. The summed E-state index contributed by atoms with van der Waals surface area (Å²) < 4.78 is 42.2. The zero-order chi connectivity index (χ0) is 12.3. The summed E-state index contributed by atoms with van der Waals surface area (Å²) in [7, 11) is -8.53. The minimum Gasteiger partial charge on any atom is -0.433 e. The molecule has 7 nitrogen and oxygen atoms in total. The van der Waals surface area contributed by atoms with E-state index in [1.807, 2.05) is 0 Å². The molecule has 0 aliphatic heterocycles. The summed E-state index contributed by atoms with van der Waals surface area (Å²) in [6.07, 6.45) is 0.683. The van der Waals surface area contributed by atoms with Gasteiger partial charge in [0.05, 0.1) is 6.61 Å². The van der Waals surface area contributed by atoms with Crippen molar-refractivity contribution in [2.24, 2.45) is 0 Å². The van der Waals surface area contributed by atoms with E-state index in [2.05, 4.69) is 9.26 Å². The molecule has 0 rings (SSSR count). The third-order valence-corrected chi connectivity index (χ3v) is 5.26. The van der Waals surface area contributed by atoms with Crippen molar-refractivity contribution in [2.45, 2.75) is 19.0 Å². The Morgan fingerprint density at radius 3 is 2.27 bits per heavy atom. The van der Waals surface area contributed by atoms with Gasteiger partial charge in [-0.15, -0.1) is 0 Å². The first-order valence-corrected chi connectivity index (χ1v) is 7.54. The third kappa shape index (κ3) is 4.74. The molecule has 0 radical (unpaired) electrons. The highest BCUT2D eigenvalue weighted by Crippen LogP contribution is 2.50. The van der Waals surface area contributed by atoms with Crippen LogP contribution < -0.4 is 0 Å². The maximum atomic E-state index is 11.4. The van der Waals surface area contributed by atoms with Crippen molar-refractivity contribution in [3.05, 3.63) is 0 Å².